The number of ether oxygens (including phenoxy) is 2. The monoisotopic (exact) mass is 295 g/mol. The summed E-state index contributed by atoms with van der Waals surface area (Å²) in [6.45, 7) is 6.58. The number of carbonyl (C=O) groups excluding carboxylic acids is 1. The molecule has 118 valence electrons. The maximum Gasteiger partial charge on any atom is 0.159 e. The lowest BCUT2D eigenvalue weighted by Crippen LogP contribution is -2.35. The summed E-state index contributed by atoms with van der Waals surface area (Å²) in [4.78, 5) is 11.4. The maximum atomic E-state index is 11.4. The molecule has 1 unspecified atom stereocenters. The van der Waals surface area contributed by atoms with E-state index < -0.39 is 6.10 Å². The third-order valence-corrected chi connectivity index (χ3v) is 2.96. The normalized spacial score (nSPS) is 12.5. The minimum atomic E-state index is -0.588. The maximum absolute atomic E-state index is 11.4. The van der Waals surface area contributed by atoms with Crippen molar-refractivity contribution in [1.82, 2.24) is 5.32 Å². The van der Waals surface area contributed by atoms with E-state index in [4.69, 9.17) is 9.47 Å². The highest BCUT2D eigenvalue weighted by Gasteiger charge is 2.11. The lowest BCUT2D eigenvalue weighted by molar-refractivity contribution is 0.100. The summed E-state index contributed by atoms with van der Waals surface area (Å²) in [6, 6.07) is 5.54. The molecule has 0 fully saturated rings. The number of aliphatic hydroxyl groups excluding tert-OH is 1. The van der Waals surface area contributed by atoms with Gasteiger partial charge in [0.2, 0.25) is 0 Å². The molecule has 1 atom stereocenters. The van der Waals surface area contributed by atoms with E-state index in [1.807, 2.05) is 13.8 Å². The standard InChI is InChI=1S/C16H25NO4/c1-11(2)17-8-15(19)10-21-16-6-5-13(12(3)18)7-14(16)9-20-4/h5-7,11,15,17,19H,8-10H2,1-4H3. The van der Waals surface area contributed by atoms with Crippen LogP contribution in [-0.4, -0.2) is 43.3 Å². The molecule has 5 heteroatoms. The fourth-order valence-electron chi connectivity index (χ4n) is 1.82. The van der Waals surface area contributed by atoms with Crippen molar-refractivity contribution in [3.05, 3.63) is 29.3 Å². The summed E-state index contributed by atoms with van der Waals surface area (Å²) in [7, 11) is 1.59. The first-order valence-electron chi connectivity index (χ1n) is 7.11. The Morgan fingerprint density at radius 1 is 1.38 bits per heavy atom. The topological polar surface area (TPSA) is 67.8 Å². The van der Waals surface area contributed by atoms with Crippen LogP contribution in [0.15, 0.2) is 18.2 Å². The number of carbonyl (C=O) groups is 1. The zero-order valence-corrected chi connectivity index (χ0v) is 13.2. The third kappa shape index (κ3) is 6.25. The molecule has 1 rings (SSSR count). The smallest absolute Gasteiger partial charge is 0.159 e. The lowest BCUT2D eigenvalue weighted by atomic mass is 10.1. The second-order valence-corrected chi connectivity index (χ2v) is 5.34. The summed E-state index contributed by atoms with van der Waals surface area (Å²) in [5, 5.41) is 13.0. The highest BCUT2D eigenvalue weighted by atomic mass is 16.5. The van der Waals surface area contributed by atoms with Crippen molar-refractivity contribution in [3.8, 4) is 5.75 Å². The van der Waals surface area contributed by atoms with E-state index in [0.29, 0.717) is 30.5 Å². The predicted octanol–water partition coefficient (Wildman–Crippen LogP) is 1.77. The Kier molecular flexibility index (Phi) is 7.36. The SMILES string of the molecule is COCc1cc(C(C)=O)ccc1OCC(O)CNC(C)C. The molecule has 2 N–H and O–H groups in total. The fraction of sp³-hybridized carbons (Fsp3) is 0.562. The minimum Gasteiger partial charge on any atom is -0.490 e. The van der Waals surface area contributed by atoms with Crippen LogP contribution in [0.2, 0.25) is 0 Å². The number of Topliss-reactive ketones (excluding diaryl/α,β-unsaturated/α-hetero) is 1. The Labute approximate surface area is 126 Å². The van der Waals surface area contributed by atoms with Crippen LogP contribution in [0.3, 0.4) is 0 Å². The van der Waals surface area contributed by atoms with Crippen molar-refractivity contribution in [1.29, 1.82) is 0 Å². The Morgan fingerprint density at radius 2 is 2.10 bits per heavy atom. The molecule has 1 aromatic rings. The molecule has 1 aromatic carbocycles. The van der Waals surface area contributed by atoms with Crippen molar-refractivity contribution in [2.45, 2.75) is 39.5 Å². The molecule has 0 amide bonds. The van der Waals surface area contributed by atoms with Crippen LogP contribution in [0, 0.1) is 0 Å². The van der Waals surface area contributed by atoms with Crippen LogP contribution < -0.4 is 10.1 Å². The van der Waals surface area contributed by atoms with Crippen molar-refractivity contribution < 1.29 is 19.4 Å². The molecule has 0 aliphatic carbocycles. The van der Waals surface area contributed by atoms with Gasteiger partial charge in [0.15, 0.2) is 5.78 Å². The number of hydrogen-bond acceptors (Lipinski definition) is 5. The zero-order valence-electron chi connectivity index (χ0n) is 13.2. The van der Waals surface area contributed by atoms with Gasteiger partial charge in [-0.2, -0.15) is 0 Å². The molecule has 0 saturated heterocycles. The average molecular weight is 295 g/mol. The molecule has 0 heterocycles. The van der Waals surface area contributed by atoms with Crippen LogP contribution in [0.5, 0.6) is 5.75 Å². The van der Waals surface area contributed by atoms with Gasteiger partial charge in [-0.3, -0.25) is 4.79 Å². The van der Waals surface area contributed by atoms with E-state index in [-0.39, 0.29) is 12.4 Å². The first-order valence-corrected chi connectivity index (χ1v) is 7.11. The number of ketones is 1. The summed E-state index contributed by atoms with van der Waals surface area (Å²) in [5.41, 5.74) is 1.42. The molecule has 21 heavy (non-hydrogen) atoms. The number of aliphatic hydroxyl groups is 1. The van der Waals surface area contributed by atoms with Crippen LogP contribution >= 0.6 is 0 Å². The van der Waals surface area contributed by atoms with E-state index in [2.05, 4.69) is 5.32 Å². The highest BCUT2D eigenvalue weighted by molar-refractivity contribution is 5.94. The molecule has 0 spiro atoms. The minimum absolute atomic E-state index is 0.0000659. The first kappa shape index (κ1) is 17.6. The summed E-state index contributed by atoms with van der Waals surface area (Å²) >= 11 is 0. The van der Waals surface area contributed by atoms with Crippen molar-refractivity contribution >= 4 is 5.78 Å². The number of hydrogen-bond donors (Lipinski definition) is 2. The molecular formula is C16H25NO4. The molecule has 0 saturated carbocycles. The van der Waals surface area contributed by atoms with Crippen LogP contribution in [0.4, 0.5) is 0 Å². The lowest BCUT2D eigenvalue weighted by Gasteiger charge is -2.17. The second kappa shape index (κ2) is 8.77. The zero-order chi connectivity index (χ0) is 15.8. The number of nitrogens with one attached hydrogen (secondary N) is 1. The molecule has 0 bridgehead atoms. The van der Waals surface area contributed by atoms with Crippen molar-refractivity contribution in [2.24, 2.45) is 0 Å². The van der Waals surface area contributed by atoms with Gasteiger partial charge in [-0.25, -0.2) is 0 Å². The fourth-order valence-corrected chi connectivity index (χ4v) is 1.82. The molecular weight excluding hydrogens is 270 g/mol. The van der Waals surface area contributed by atoms with Gasteiger partial charge < -0.3 is 19.9 Å². The highest BCUT2D eigenvalue weighted by Crippen LogP contribution is 2.21. The van der Waals surface area contributed by atoms with E-state index in [1.165, 1.54) is 6.92 Å². The van der Waals surface area contributed by atoms with E-state index in [1.54, 1.807) is 25.3 Å². The van der Waals surface area contributed by atoms with Gasteiger partial charge in [0.25, 0.3) is 0 Å². The summed E-state index contributed by atoms with van der Waals surface area (Å²) < 4.78 is 10.8. The van der Waals surface area contributed by atoms with Crippen LogP contribution in [0.25, 0.3) is 0 Å². The number of rotatable bonds is 9. The number of benzene rings is 1. The Balaban J connectivity index is 2.67. The third-order valence-electron chi connectivity index (χ3n) is 2.96. The molecule has 0 aromatic heterocycles. The number of methoxy groups -OCH3 is 1. The van der Waals surface area contributed by atoms with Crippen molar-refractivity contribution in [2.75, 3.05) is 20.3 Å². The Morgan fingerprint density at radius 3 is 2.67 bits per heavy atom. The quantitative estimate of drug-likeness (QED) is 0.680. The molecule has 0 aliphatic heterocycles. The van der Waals surface area contributed by atoms with Crippen molar-refractivity contribution in [3.63, 3.8) is 0 Å². The van der Waals surface area contributed by atoms with E-state index in [9.17, 15) is 9.90 Å². The van der Waals surface area contributed by atoms with Crippen LogP contribution in [0.1, 0.15) is 36.7 Å². The predicted molar refractivity (Wildman–Crippen MR) is 81.8 cm³/mol. The van der Waals surface area contributed by atoms with Gasteiger partial charge in [-0.15, -0.1) is 0 Å². The van der Waals surface area contributed by atoms with E-state index in [0.717, 1.165) is 5.56 Å². The van der Waals surface area contributed by atoms with Gasteiger partial charge in [0, 0.05) is 30.8 Å². The van der Waals surface area contributed by atoms with Crippen LogP contribution in [-0.2, 0) is 11.3 Å². The molecule has 0 aliphatic rings. The largest absolute Gasteiger partial charge is 0.490 e. The van der Waals surface area contributed by atoms with Gasteiger partial charge in [0.1, 0.15) is 18.5 Å². The Hall–Kier alpha value is -1.43. The van der Waals surface area contributed by atoms with Gasteiger partial charge >= 0.3 is 0 Å². The van der Waals surface area contributed by atoms with Gasteiger partial charge in [-0.05, 0) is 25.1 Å². The summed E-state index contributed by atoms with van der Waals surface area (Å²) in [5.74, 6) is 0.630. The van der Waals surface area contributed by atoms with Gasteiger partial charge in [0.05, 0.1) is 6.61 Å². The molecule has 0 radical (unpaired) electrons. The average Bonchev–Trinajstić information content (AvgIpc) is 2.43. The van der Waals surface area contributed by atoms with Gasteiger partial charge in [-0.1, -0.05) is 13.8 Å². The second-order valence-electron chi connectivity index (χ2n) is 5.34. The first-order chi connectivity index (χ1) is 9.93. The Bertz CT molecular complexity index is 460. The van der Waals surface area contributed by atoms with E-state index >= 15 is 0 Å². The molecule has 5 nitrogen and oxygen atoms in total. The summed E-state index contributed by atoms with van der Waals surface area (Å²) in [6.07, 6.45) is -0.588.